The van der Waals surface area contributed by atoms with Crippen molar-refractivity contribution in [1.29, 1.82) is 0 Å². The van der Waals surface area contributed by atoms with E-state index in [1.54, 1.807) is 26.8 Å². The molecule has 6 N–H and O–H groups in total. The highest BCUT2D eigenvalue weighted by Crippen LogP contribution is 2.37. The molecule has 1 aliphatic carbocycles. The fourth-order valence-electron chi connectivity index (χ4n) is 6.19. The molecule has 5 atom stereocenters. The predicted octanol–water partition coefficient (Wildman–Crippen LogP) is 5.05. The zero-order valence-electron chi connectivity index (χ0n) is 26.3. The van der Waals surface area contributed by atoms with E-state index in [4.69, 9.17) is 17.3 Å². The number of primary amides is 1. The molecule has 1 aromatic heterocycles. The van der Waals surface area contributed by atoms with E-state index >= 15 is 0 Å². The molecule has 0 fully saturated rings. The van der Waals surface area contributed by atoms with Crippen LogP contribution < -0.4 is 16.4 Å². The molecule has 46 heavy (non-hydrogen) atoms. The number of carbonyl (C=O) groups excluding carboxylic acids is 3. The first kappa shape index (κ1) is 34.7. The van der Waals surface area contributed by atoms with Crippen molar-refractivity contribution < 1.29 is 33.1 Å². The number of aromatic amines is 1. The first-order chi connectivity index (χ1) is 21.7. The predicted molar refractivity (Wildman–Crippen MR) is 170 cm³/mol. The van der Waals surface area contributed by atoms with E-state index in [1.165, 1.54) is 30.3 Å². The van der Waals surface area contributed by atoms with Crippen LogP contribution in [0.15, 0.2) is 36.4 Å². The van der Waals surface area contributed by atoms with Gasteiger partial charge in [-0.3, -0.25) is 19.3 Å². The summed E-state index contributed by atoms with van der Waals surface area (Å²) in [5, 5.41) is 16.5. The van der Waals surface area contributed by atoms with Gasteiger partial charge in [-0.15, -0.1) is 0 Å². The Balaban J connectivity index is 1.79. The Bertz CT molecular complexity index is 1650. The monoisotopic (exact) mass is 659 g/mol. The molecule has 0 spiro atoms. The number of rotatable bonds is 12. The number of carbonyl (C=O) groups is 4. The summed E-state index contributed by atoms with van der Waals surface area (Å²) in [4.78, 5) is 57.7. The lowest BCUT2D eigenvalue weighted by molar-refractivity contribution is -0.139. The van der Waals surface area contributed by atoms with Crippen LogP contribution in [0.3, 0.4) is 0 Å². The topological polar surface area (TPSA) is 158 Å². The van der Waals surface area contributed by atoms with Crippen molar-refractivity contribution in [3.05, 3.63) is 69.9 Å². The van der Waals surface area contributed by atoms with E-state index in [2.05, 4.69) is 15.6 Å². The molecule has 0 bridgehead atoms. The second kappa shape index (κ2) is 14.1. The summed E-state index contributed by atoms with van der Waals surface area (Å²) in [6.07, 6.45) is -0.244. The fraction of sp³-hybridized carbons (Fsp3) is 0.455. The molecule has 1 heterocycles. The number of amides is 4. The second-order valence-electron chi connectivity index (χ2n) is 12.3. The van der Waals surface area contributed by atoms with Gasteiger partial charge in [0.2, 0.25) is 17.7 Å². The van der Waals surface area contributed by atoms with Gasteiger partial charge in [-0.25, -0.2) is 13.6 Å². The minimum absolute atomic E-state index is 0.0701. The standard InChI is InChI=1S/C33H40ClF2N5O5/c1-5-17(3)26(29(37)42)39-31(44)33(11-10-25-23(15-33)22-13-21(36)14-24(34)27(22)38-25)40-30(43)28(18(4)6-2)41(32(45)46)16-19-8-7-9-20(35)12-19/h7-9,12-14,17-18,26,28,38H,5-6,10-11,15-16H2,1-4H3,(H2,37,42)(H,39,44)(H,40,43)(H,45,46)/t17?,18?,26-,28-,33+/m0/s1. The summed E-state index contributed by atoms with van der Waals surface area (Å²) in [6, 6.07) is 5.59. The van der Waals surface area contributed by atoms with Crippen LogP contribution in [-0.2, 0) is 33.8 Å². The molecule has 4 amide bonds. The molecule has 10 nitrogen and oxygen atoms in total. The van der Waals surface area contributed by atoms with Gasteiger partial charge in [0.05, 0.1) is 10.5 Å². The van der Waals surface area contributed by atoms with Crippen molar-refractivity contribution in [2.24, 2.45) is 17.6 Å². The van der Waals surface area contributed by atoms with E-state index in [-0.39, 0.29) is 36.7 Å². The minimum atomic E-state index is -1.67. The molecule has 3 aromatic rings. The lowest BCUT2D eigenvalue weighted by atomic mass is 9.78. The molecule has 248 valence electrons. The number of nitrogens with one attached hydrogen (secondary N) is 3. The van der Waals surface area contributed by atoms with E-state index in [0.717, 1.165) is 4.90 Å². The lowest BCUT2D eigenvalue weighted by Crippen LogP contribution is -2.67. The third kappa shape index (κ3) is 7.11. The van der Waals surface area contributed by atoms with Gasteiger partial charge in [0.25, 0.3) is 0 Å². The van der Waals surface area contributed by atoms with Crippen LogP contribution >= 0.6 is 11.6 Å². The Kier molecular flexibility index (Phi) is 10.6. The van der Waals surface area contributed by atoms with Crippen molar-refractivity contribution in [1.82, 2.24) is 20.5 Å². The Morgan fingerprint density at radius 3 is 2.39 bits per heavy atom. The fourth-order valence-corrected chi connectivity index (χ4v) is 6.45. The highest BCUT2D eigenvalue weighted by molar-refractivity contribution is 6.35. The Morgan fingerprint density at radius 1 is 1.09 bits per heavy atom. The lowest BCUT2D eigenvalue weighted by Gasteiger charge is -2.41. The Labute approximate surface area is 271 Å². The number of nitrogens with zero attached hydrogens (tertiary/aromatic N) is 1. The van der Waals surface area contributed by atoms with Crippen LogP contribution in [0.4, 0.5) is 13.6 Å². The minimum Gasteiger partial charge on any atom is -0.465 e. The van der Waals surface area contributed by atoms with Crippen molar-refractivity contribution >= 4 is 46.3 Å². The van der Waals surface area contributed by atoms with Crippen LogP contribution in [0.1, 0.15) is 63.8 Å². The van der Waals surface area contributed by atoms with E-state index < -0.39 is 59.0 Å². The van der Waals surface area contributed by atoms with Gasteiger partial charge in [0, 0.05) is 24.0 Å². The maximum absolute atomic E-state index is 14.5. The number of H-pyrrole nitrogens is 1. The molecule has 2 aromatic carbocycles. The van der Waals surface area contributed by atoms with E-state index in [9.17, 15) is 33.1 Å². The number of hydrogen-bond acceptors (Lipinski definition) is 4. The van der Waals surface area contributed by atoms with Gasteiger partial charge < -0.3 is 26.5 Å². The van der Waals surface area contributed by atoms with E-state index in [0.29, 0.717) is 40.6 Å². The highest BCUT2D eigenvalue weighted by atomic mass is 35.5. The zero-order valence-corrected chi connectivity index (χ0v) is 27.0. The summed E-state index contributed by atoms with van der Waals surface area (Å²) < 4.78 is 28.5. The highest BCUT2D eigenvalue weighted by Gasteiger charge is 2.47. The van der Waals surface area contributed by atoms with Gasteiger partial charge in [-0.05, 0) is 60.1 Å². The Hall–Kier alpha value is -4.19. The SMILES string of the molecule is CCC(C)[C@H](NC(=O)[C@@]1(NC(=O)[C@H](C(C)CC)N(Cc2cccc(F)c2)C(=O)O)CCc2[nH]c3c(Cl)cc(F)cc3c2C1)C(N)=O. The van der Waals surface area contributed by atoms with Gasteiger partial charge in [0.15, 0.2) is 0 Å². The van der Waals surface area contributed by atoms with Crippen LogP contribution in [0, 0.1) is 23.5 Å². The zero-order chi connectivity index (χ0) is 33.9. The number of halogens is 3. The van der Waals surface area contributed by atoms with Crippen LogP contribution in [0.2, 0.25) is 5.02 Å². The average Bonchev–Trinajstić information content (AvgIpc) is 3.36. The van der Waals surface area contributed by atoms with E-state index in [1.807, 2.05) is 6.92 Å². The average molecular weight is 660 g/mol. The van der Waals surface area contributed by atoms with Crippen molar-refractivity contribution in [3.63, 3.8) is 0 Å². The van der Waals surface area contributed by atoms with Gasteiger partial charge in [-0.2, -0.15) is 0 Å². The molecular formula is C33H40ClF2N5O5. The van der Waals surface area contributed by atoms with Gasteiger partial charge >= 0.3 is 6.09 Å². The molecule has 1 aliphatic rings. The maximum Gasteiger partial charge on any atom is 0.408 e. The van der Waals surface area contributed by atoms with Crippen molar-refractivity contribution in [2.75, 3.05) is 0 Å². The first-order valence-corrected chi connectivity index (χ1v) is 15.7. The molecular weight excluding hydrogens is 620 g/mol. The van der Waals surface area contributed by atoms with Crippen LogP contribution in [-0.4, -0.2) is 56.4 Å². The Morgan fingerprint density at radius 2 is 1.78 bits per heavy atom. The number of aromatic nitrogens is 1. The molecule has 0 radical (unpaired) electrons. The van der Waals surface area contributed by atoms with Crippen molar-refractivity contribution in [2.45, 2.75) is 84.0 Å². The number of fused-ring (bicyclic) bond motifs is 3. The maximum atomic E-state index is 14.5. The van der Waals surface area contributed by atoms with Gasteiger partial charge in [0.1, 0.15) is 29.3 Å². The quantitative estimate of drug-likeness (QED) is 0.184. The molecule has 4 rings (SSSR count). The number of nitrogens with two attached hydrogens (primary N) is 1. The first-order valence-electron chi connectivity index (χ1n) is 15.4. The third-order valence-electron chi connectivity index (χ3n) is 9.18. The molecule has 0 saturated carbocycles. The molecule has 13 heteroatoms. The summed E-state index contributed by atoms with van der Waals surface area (Å²) in [7, 11) is 0. The van der Waals surface area contributed by atoms with Crippen LogP contribution in [0.25, 0.3) is 10.9 Å². The summed E-state index contributed by atoms with van der Waals surface area (Å²) in [6.45, 7) is 6.85. The van der Waals surface area contributed by atoms with Crippen molar-refractivity contribution in [3.8, 4) is 0 Å². The summed E-state index contributed by atoms with van der Waals surface area (Å²) >= 11 is 6.33. The largest absolute Gasteiger partial charge is 0.465 e. The molecule has 0 aliphatic heterocycles. The smallest absolute Gasteiger partial charge is 0.408 e. The van der Waals surface area contributed by atoms with Crippen LogP contribution in [0.5, 0.6) is 0 Å². The summed E-state index contributed by atoms with van der Waals surface area (Å²) in [5.41, 5.74) is 6.09. The number of hydrogen-bond donors (Lipinski definition) is 5. The normalized spacial score (nSPS) is 18.6. The summed E-state index contributed by atoms with van der Waals surface area (Å²) in [5.74, 6) is -4.13. The number of carboxylic acid groups (broad SMARTS) is 1. The second-order valence-corrected chi connectivity index (χ2v) is 12.7. The number of aryl methyl sites for hydroxylation is 1. The third-order valence-corrected chi connectivity index (χ3v) is 9.48. The molecule has 2 unspecified atom stereocenters. The number of benzene rings is 2. The van der Waals surface area contributed by atoms with Gasteiger partial charge in [-0.1, -0.05) is 64.3 Å². The molecule has 0 saturated heterocycles.